The molecule has 9 nitrogen and oxygen atoms in total. The smallest absolute Gasteiger partial charge is 0.269 e. The van der Waals surface area contributed by atoms with Crippen LogP contribution in [0.3, 0.4) is 0 Å². The molecule has 2 amide bonds. The van der Waals surface area contributed by atoms with Gasteiger partial charge in [-0.15, -0.1) is 0 Å². The summed E-state index contributed by atoms with van der Waals surface area (Å²) in [7, 11) is 0. The quantitative estimate of drug-likeness (QED) is 0.343. The summed E-state index contributed by atoms with van der Waals surface area (Å²) < 4.78 is 5.53. The number of ether oxygens (including phenoxy) is 1. The summed E-state index contributed by atoms with van der Waals surface area (Å²) in [6, 6.07) is 12.3. The van der Waals surface area contributed by atoms with Crippen LogP contribution < -0.4 is 15.5 Å². The molecule has 2 aromatic rings. The van der Waals surface area contributed by atoms with E-state index in [1.807, 2.05) is 39.0 Å². The summed E-state index contributed by atoms with van der Waals surface area (Å²) in [6.45, 7) is 5.55. The number of non-ortho nitro benzene ring substituents is 1. The van der Waals surface area contributed by atoms with E-state index in [4.69, 9.17) is 4.74 Å². The zero-order valence-corrected chi connectivity index (χ0v) is 17.7. The van der Waals surface area contributed by atoms with E-state index in [0.29, 0.717) is 17.7 Å². The predicted molar refractivity (Wildman–Crippen MR) is 117 cm³/mol. The first kappa shape index (κ1) is 23.5. The lowest BCUT2D eigenvalue weighted by Gasteiger charge is -2.19. The minimum absolute atomic E-state index is 0.0335. The number of aryl methyl sites for hydroxylation is 1. The third-order valence-corrected chi connectivity index (χ3v) is 4.30. The molecule has 0 bridgehead atoms. The van der Waals surface area contributed by atoms with E-state index < -0.39 is 22.8 Å². The average Bonchev–Trinajstić information content (AvgIpc) is 2.72. The van der Waals surface area contributed by atoms with Crippen molar-refractivity contribution in [2.45, 2.75) is 33.2 Å². The highest BCUT2D eigenvalue weighted by molar-refractivity contribution is 5.89. The molecule has 0 unspecified atom stereocenters. The summed E-state index contributed by atoms with van der Waals surface area (Å²) in [5.41, 5.74) is 3.86. The van der Waals surface area contributed by atoms with Gasteiger partial charge in [0, 0.05) is 12.1 Å². The molecule has 0 aromatic heterocycles. The maximum absolute atomic E-state index is 12.5. The second-order valence-electron chi connectivity index (χ2n) is 7.39. The molecule has 0 fully saturated rings. The van der Waals surface area contributed by atoms with Crippen LogP contribution in [0.2, 0.25) is 0 Å². The van der Waals surface area contributed by atoms with Crippen molar-refractivity contribution in [3.05, 3.63) is 69.8 Å². The number of hydrogen-bond donors (Lipinski definition) is 2. The number of nitro groups is 1. The molecule has 0 saturated heterocycles. The van der Waals surface area contributed by atoms with Gasteiger partial charge in [0.15, 0.2) is 6.61 Å². The van der Waals surface area contributed by atoms with Crippen LogP contribution >= 0.6 is 0 Å². The van der Waals surface area contributed by atoms with Gasteiger partial charge in [-0.3, -0.25) is 19.7 Å². The largest absolute Gasteiger partial charge is 0.484 e. The van der Waals surface area contributed by atoms with Crippen molar-refractivity contribution in [3.8, 4) is 5.75 Å². The first-order valence-electron chi connectivity index (χ1n) is 9.81. The van der Waals surface area contributed by atoms with E-state index >= 15 is 0 Å². The fourth-order valence-electron chi connectivity index (χ4n) is 2.73. The van der Waals surface area contributed by atoms with Crippen molar-refractivity contribution in [1.82, 2.24) is 10.7 Å². The maximum Gasteiger partial charge on any atom is 0.269 e. The fraction of sp³-hybridized carbons (Fsp3) is 0.318. The minimum Gasteiger partial charge on any atom is -0.484 e. The Bertz CT molecular complexity index is 941. The lowest BCUT2D eigenvalue weighted by atomic mass is 10.0. The van der Waals surface area contributed by atoms with Crippen LogP contribution in [0.25, 0.3) is 0 Å². The molecule has 9 heteroatoms. The van der Waals surface area contributed by atoms with Crippen LogP contribution in [-0.2, 0) is 9.59 Å². The Hall–Kier alpha value is -3.75. The van der Waals surface area contributed by atoms with E-state index in [2.05, 4.69) is 15.8 Å². The van der Waals surface area contributed by atoms with Gasteiger partial charge in [0.05, 0.1) is 11.1 Å². The number of nitro benzene ring substituents is 1. The van der Waals surface area contributed by atoms with Crippen LogP contribution in [0.1, 0.15) is 31.4 Å². The van der Waals surface area contributed by atoms with Crippen LogP contribution in [0.15, 0.2) is 53.6 Å². The van der Waals surface area contributed by atoms with E-state index in [-0.39, 0.29) is 18.2 Å². The molecule has 2 rings (SSSR count). The molecular formula is C22H26N4O5. The number of rotatable bonds is 10. The van der Waals surface area contributed by atoms with Gasteiger partial charge in [-0.25, -0.2) is 5.43 Å². The van der Waals surface area contributed by atoms with E-state index in [1.165, 1.54) is 30.5 Å². The highest BCUT2D eigenvalue weighted by atomic mass is 16.6. The topological polar surface area (TPSA) is 123 Å². The molecule has 0 heterocycles. The third kappa shape index (κ3) is 7.88. The Balaban J connectivity index is 1.92. The van der Waals surface area contributed by atoms with Crippen LogP contribution in [0, 0.1) is 23.0 Å². The number of carbonyl (C=O) groups is 2. The van der Waals surface area contributed by atoms with Gasteiger partial charge in [-0.1, -0.05) is 32.0 Å². The fourth-order valence-corrected chi connectivity index (χ4v) is 2.73. The van der Waals surface area contributed by atoms with Crippen molar-refractivity contribution >= 4 is 23.7 Å². The van der Waals surface area contributed by atoms with E-state index in [9.17, 15) is 19.7 Å². The summed E-state index contributed by atoms with van der Waals surface area (Å²) in [5, 5.41) is 17.2. The maximum atomic E-state index is 12.5. The molecule has 0 aliphatic rings. The summed E-state index contributed by atoms with van der Waals surface area (Å²) >= 11 is 0. The molecule has 1 atom stereocenters. The molecule has 0 radical (unpaired) electrons. The standard InChI is InChI=1S/C22H26N4O5/c1-15(2)12-19(24-21(27)14-31-20-7-5-4-6-16(20)3)22(28)25-23-13-17-8-10-18(11-9-17)26(29)30/h4-11,13,15,19H,12,14H2,1-3H3,(H,24,27)(H,25,28)/b23-13-/t19-/m1/s1. The number of hydrazone groups is 1. The van der Waals surface area contributed by atoms with Gasteiger partial charge in [0.2, 0.25) is 0 Å². The minimum atomic E-state index is -0.776. The summed E-state index contributed by atoms with van der Waals surface area (Å²) in [6.07, 6.45) is 1.80. The molecule has 31 heavy (non-hydrogen) atoms. The molecule has 164 valence electrons. The predicted octanol–water partition coefficient (Wildman–Crippen LogP) is 2.96. The van der Waals surface area contributed by atoms with Crippen LogP contribution in [-0.4, -0.2) is 35.6 Å². The van der Waals surface area contributed by atoms with Gasteiger partial charge in [0.25, 0.3) is 17.5 Å². The van der Waals surface area contributed by atoms with E-state index in [1.54, 1.807) is 6.07 Å². The summed E-state index contributed by atoms with van der Waals surface area (Å²) in [4.78, 5) is 35.0. The Morgan fingerprint density at radius 1 is 1.16 bits per heavy atom. The highest BCUT2D eigenvalue weighted by Crippen LogP contribution is 2.16. The van der Waals surface area contributed by atoms with Gasteiger partial charge < -0.3 is 10.1 Å². The molecule has 2 aromatic carbocycles. The van der Waals surface area contributed by atoms with Crippen LogP contribution in [0.5, 0.6) is 5.75 Å². The van der Waals surface area contributed by atoms with Crippen molar-refractivity contribution in [2.75, 3.05) is 6.61 Å². The van der Waals surface area contributed by atoms with Gasteiger partial charge in [0.1, 0.15) is 11.8 Å². The zero-order valence-electron chi connectivity index (χ0n) is 17.7. The third-order valence-electron chi connectivity index (χ3n) is 4.30. The second kappa shape index (κ2) is 11.4. The molecular weight excluding hydrogens is 400 g/mol. The number of amides is 2. The first-order valence-corrected chi connectivity index (χ1v) is 9.81. The molecule has 0 spiro atoms. The van der Waals surface area contributed by atoms with Gasteiger partial charge >= 0.3 is 0 Å². The molecule has 0 saturated carbocycles. The molecule has 0 aliphatic heterocycles. The first-order chi connectivity index (χ1) is 14.8. The van der Waals surface area contributed by atoms with E-state index in [0.717, 1.165) is 5.56 Å². The van der Waals surface area contributed by atoms with Crippen molar-refractivity contribution in [3.63, 3.8) is 0 Å². The Morgan fingerprint density at radius 3 is 2.45 bits per heavy atom. The van der Waals surface area contributed by atoms with Crippen LogP contribution in [0.4, 0.5) is 5.69 Å². The number of para-hydroxylation sites is 1. The number of benzene rings is 2. The number of nitrogens with zero attached hydrogens (tertiary/aromatic N) is 2. The van der Waals surface area contributed by atoms with Crippen molar-refractivity contribution in [1.29, 1.82) is 0 Å². The lowest BCUT2D eigenvalue weighted by Crippen LogP contribution is -2.47. The molecule has 0 aliphatic carbocycles. The van der Waals surface area contributed by atoms with Crippen molar-refractivity contribution < 1.29 is 19.2 Å². The SMILES string of the molecule is Cc1ccccc1OCC(=O)N[C@H](CC(C)C)C(=O)N/N=C\c1ccc([N+](=O)[O-])cc1. The van der Waals surface area contributed by atoms with Crippen molar-refractivity contribution in [2.24, 2.45) is 11.0 Å². The number of carbonyl (C=O) groups excluding carboxylic acids is 2. The second-order valence-corrected chi connectivity index (χ2v) is 7.39. The Morgan fingerprint density at radius 2 is 1.84 bits per heavy atom. The normalized spacial score (nSPS) is 11.9. The average molecular weight is 426 g/mol. The Kier molecular flexibility index (Phi) is 8.68. The Labute approximate surface area is 180 Å². The zero-order chi connectivity index (χ0) is 22.8. The van der Waals surface area contributed by atoms with Gasteiger partial charge in [-0.05, 0) is 48.6 Å². The van der Waals surface area contributed by atoms with Gasteiger partial charge in [-0.2, -0.15) is 5.10 Å². The number of nitrogens with one attached hydrogen (secondary N) is 2. The number of hydrogen-bond acceptors (Lipinski definition) is 6. The highest BCUT2D eigenvalue weighted by Gasteiger charge is 2.22. The monoisotopic (exact) mass is 426 g/mol. The lowest BCUT2D eigenvalue weighted by molar-refractivity contribution is -0.384. The molecule has 2 N–H and O–H groups in total. The summed E-state index contributed by atoms with van der Waals surface area (Å²) in [5.74, 6) is -0.110.